The highest BCUT2D eigenvalue weighted by atomic mass is 16.5. The third-order valence-electron chi connectivity index (χ3n) is 2.45. The Kier molecular flexibility index (Phi) is 3.27. The minimum absolute atomic E-state index is 0.245. The van der Waals surface area contributed by atoms with Gasteiger partial charge in [-0.25, -0.2) is 0 Å². The molecule has 1 heterocycles. The van der Waals surface area contributed by atoms with Crippen LogP contribution in [0.5, 0.6) is 0 Å². The van der Waals surface area contributed by atoms with E-state index in [1.165, 1.54) is 7.11 Å². The third-order valence-corrected chi connectivity index (χ3v) is 2.45. The van der Waals surface area contributed by atoms with E-state index in [1.807, 2.05) is 18.7 Å². The van der Waals surface area contributed by atoms with Crippen LogP contribution < -0.4 is 0 Å². The molecular weight excluding hydrogens is 170 g/mol. The summed E-state index contributed by atoms with van der Waals surface area (Å²) in [6.07, 6.45) is 0.0942. The number of carbonyl (C=O) groups is 1. The molecule has 4 nitrogen and oxygen atoms in total. The number of rotatable bonds is 2. The van der Waals surface area contributed by atoms with Gasteiger partial charge in [-0.15, -0.1) is 0 Å². The van der Waals surface area contributed by atoms with Crippen LogP contribution in [0.4, 0.5) is 0 Å². The van der Waals surface area contributed by atoms with Crippen molar-refractivity contribution in [3.8, 4) is 0 Å². The highest BCUT2D eigenvalue weighted by Gasteiger charge is 2.37. The first-order chi connectivity index (χ1) is 6.06. The molecule has 0 aromatic heterocycles. The smallest absolute Gasteiger partial charge is 0.323 e. The number of carbonyl (C=O) groups excluding carboxylic acids is 1. The fraction of sp³-hybridized carbons (Fsp3) is 0.889. The molecule has 0 amide bonds. The fourth-order valence-electron chi connectivity index (χ4n) is 1.78. The van der Waals surface area contributed by atoms with Crippen molar-refractivity contribution >= 4 is 5.97 Å². The minimum Gasteiger partial charge on any atom is -0.468 e. The molecule has 1 aliphatic rings. The van der Waals surface area contributed by atoms with Crippen LogP contribution in [0.2, 0.25) is 0 Å². The fourth-order valence-corrected chi connectivity index (χ4v) is 1.78. The molecule has 0 aromatic rings. The van der Waals surface area contributed by atoms with Crippen LogP contribution in [0.1, 0.15) is 20.3 Å². The molecule has 1 fully saturated rings. The van der Waals surface area contributed by atoms with E-state index in [-0.39, 0.29) is 18.1 Å². The Labute approximate surface area is 78.5 Å². The third kappa shape index (κ3) is 2.19. The van der Waals surface area contributed by atoms with Crippen LogP contribution in [0.25, 0.3) is 0 Å². The van der Waals surface area contributed by atoms with E-state index in [2.05, 4.69) is 4.74 Å². The van der Waals surface area contributed by atoms with E-state index in [0.29, 0.717) is 13.0 Å². The molecule has 0 radical (unpaired) electrons. The second kappa shape index (κ2) is 4.07. The number of methoxy groups -OCH3 is 1. The van der Waals surface area contributed by atoms with Crippen molar-refractivity contribution in [3.05, 3.63) is 0 Å². The van der Waals surface area contributed by atoms with Crippen molar-refractivity contribution in [1.29, 1.82) is 0 Å². The molecule has 2 atom stereocenters. The normalized spacial score (nSPS) is 29.6. The Hall–Kier alpha value is -0.610. The first kappa shape index (κ1) is 10.5. The first-order valence-corrected chi connectivity index (χ1v) is 4.58. The SMILES string of the molecule is COC(=O)C1C[C@@H](O)CN1C(C)C. The largest absolute Gasteiger partial charge is 0.468 e. The molecule has 1 saturated heterocycles. The predicted molar refractivity (Wildman–Crippen MR) is 48.3 cm³/mol. The quantitative estimate of drug-likeness (QED) is 0.618. The van der Waals surface area contributed by atoms with E-state index >= 15 is 0 Å². The Bertz CT molecular complexity index is 193. The maximum Gasteiger partial charge on any atom is 0.323 e. The van der Waals surface area contributed by atoms with Crippen LogP contribution in [-0.2, 0) is 9.53 Å². The number of aliphatic hydroxyl groups is 1. The zero-order valence-electron chi connectivity index (χ0n) is 8.36. The van der Waals surface area contributed by atoms with Gasteiger partial charge in [0, 0.05) is 19.0 Å². The summed E-state index contributed by atoms with van der Waals surface area (Å²) in [5, 5.41) is 9.41. The van der Waals surface area contributed by atoms with E-state index in [4.69, 9.17) is 0 Å². The molecule has 1 rings (SSSR count). The van der Waals surface area contributed by atoms with Gasteiger partial charge in [0.15, 0.2) is 0 Å². The molecule has 1 unspecified atom stereocenters. The summed E-state index contributed by atoms with van der Waals surface area (Å²) >= 11 is 0. The summed E-state index contributed by atoms with van der Waals surface area (Å²) in [5.74, 6) is -0.245. The molecule has 0 aliphatic carbocycles. The minimum atomic E-state index is -0.397. The van der Waals surface area contributed by atoms with Gasteiger partial charge < -0.3 is 9.84 Å². The monoisotopic (exact) mass is 187 g/mol. The summed E-state index contributed by atoms with van der Waals surface area (Å²) < 4.78 is 4.67. The van der Waals surface area contributed by atoms with Gasteiger partial charge in [0.25, 0.3) is 0 Å². The summed E-state index contributed by atoms with van der Waals surface area (Å²) in [5.41, 5.74) is 0. The number of likely N-dealkylation sites (tertiary alicyclic amines) is 1. The van der Waals surface area contributed by atoms with Gasteiger partial charge in [0.2, 0.25) is 0 Å². The van der Waals surface area contributed by atoms with Gasteiger partial charge in [-0.05, 0) is 13.8 Å². The van der Waals surface area contributed by atoms with Gasteiger partial charge in [0.1, 0.15) is 6.04 Å². The number of hydrogen-bond acceptors (Lipinski definition) is 4. The molecule has 4 heteroatoms. The Balaban J connectivity index is 2.66. The average Bonchev–Trinajstić information content (AvgIpc) is 2.46. The van der Waals surface area contributed by atoms with Gasteiger partial charge in [0.05, 0.1) is 13.2 Å². The lowest BCUT2D eigenvalue weighted by atomic mass is 10.2. The average molecular weight is 187 g/mol. The van der Waals surface area contributed by atoms with Crippen molar-refractivity contribution in [2.45, 2.75) is 38.5 Å². The zero-order valence-corrected chi connectivity index (χ0v) is 8.36. The van der Waals surface area contributed by atoms with Crippen molar-refractivity contribution in [2.75, 3.05) is 13.7 Å². The number of nitrogens with zero attached hydrogens (tertiary/aromatic N) is 1. The van der Waals surface area contributed by atoms with Crippen LogP contribution in [0, 0.1) is 0 Å². The van der Waals surface area contributed by atoms with Gasteiger partial charge in [-0.2, -0.15) is 0 Å². The Morgan fingerprint density at radius 1 is 1.62 bits per heavy atom. The second-order valence-electron chi connectivity index (χ2n) is 3.72. The highest BCUT2D eigenvalue weighted by Crippen LogP contribution is 2.21. The van der Waals surface area contributed by atoms with Crippen LogP contribution in [-0.4, -0.2) is 47.8 Å². The summed E-state index contributed by atoms with van der Waals surface area (Å²) in [4.78, 5) is 13.3. The van der Waals surface area contributed by atoms with Gasteiger partial charge in [-0.3, -0.25) is 9.69 Å². The van der Waals surface area contributed by atoms with Crippen molar-refractivity contribution in [1.82, 2.24) is 4.90 Å². The number of esters is 1. The number of aliphatic hydroxyl groups excluding tert-OH is 1. The summed E-state index contributed by atoms with van der Waals surface area (Å²) in [6, 6.07) is 0.00116. The lowest BCUT2D eigenvalue weighted by Gasteiger charge is -2.25. The van der Waals surface area contributed by atoms with Crippen molar-refractivity contribution < 1.29 is 14.6 Å². The van der Waals surface area contributed by atoms with E-state index < -0.39 is 6.10 Å². The zero-order chi connectivity index (χ0) is 10.0. The maximum absolute atomic E-state index is 11.3. The number of ether oxygens (including phenoxy) is 1. The Morgan fingerprint density at radius 3 is 2.69 bits per heavy atom. The first-order valence-electron chi connectivity index (χ1n) is 4.58. The number of hydrogen-bond donors (Lipinski definition) is 1. The topological polar surface area (TPSA) is 49.8 Å². The second-order valence-corrected chi connectivity index (χ2v) is 3.72. The highest BCUT2D eigenvalue weighted by molar-refractivity contribution is 5.76. The predicted octanol–water partition coefficient (Wildman–Crippen LogP) is 0.00300. The standard InChI is InChI=1S/C9H17NO3/c1-6(2)10-5-7(11)4-8(10)9(12)13-3/h6-8,11H,4-5H2,1-3H3/t7-,8?/m1/s1. The lowest BCUT2D eigenvalue weighted by Crippen LogP contribution is -2.41. The van der Waals surface area contributed by atoms with E-state index in [1.54, 1.807) is 0 Å². The summed E-state index contributed by atoms with van der Waals surface area (Å²) in [6.45, 7) is 4.58. The van der Waals surface area contributed by atoms with Crippen LogP contribution in [0.3, 0.4) is 0 Å². The molecule has 76 valence electrons. The van der Waals surface area contributed by atoms with E-state index in [0.717, 1.165) is 0 Å². The molecule has 13 heavy (non-hydrogen) atoms. The van der Waals surface area contributed by atoms with Crippen molar-refractivity contribution in [3.63, 3.8) is 0 Å². The van der Waals surface area contributed by atoms with Crippen molar-refractivity contribution in [2.24, 2.45) is 0 Å². The molecule has 0 spiro atoms. The van der Waals surface area contributed by atoms with Gasteiger partial charge >= 0.3 is 5.97 Å². The lowest BCUT2D eigenvalue weighted by molar-refractivity contribution is -0.146. The van der Waals surface area contributed by atoms with Crippen LogP contribution >= 0.6 is 0 Å². The molecule has 1 N–H and O–H groups in total. The molecule has 1 aliphatic heterocycles. The van der Waals surface area contributed by atoms with Crippen LogP contribution in [0.15, 0.2) is 0 Å². The molecule has 0 bridgehead atoms. The maximum atomic E-state index is 11.3. The van der Waals surface area contributed by atoms with Gasteiger partial charge in [-0.1, -0.05) is 0 Å². The number of β-amino-alcohol motifs (C(OH)–C–C–N with tert-alkyl or cyclic N) is 1. The summed E-state index contributed by atoms with van der Waals surface area (Å²) in [7, 11) is 1.38. The molecule has 0 saturated carbocycles. The van der Waals surface area contributed by atoms with E-state index in [9.17, 15) is 9.90 Å². The Morgan fingerprint density at radius 2 is 2.23 bits per heavy atom. The molecular formula is C9H17NO3. The molecule has 0 aromatic carbocycles.